The molecule has 31 heteroatoms. The SMILES string of the molecule is CC[C@H](C)[C@@H]1NC(=O)[C@H](CC(C)C)N(C)C(=O)C[C@@H](C)N(C)C(=O)[C@H]([C@@H](C)CC)N(C)C(=O)C2(CCCC2)NC(=O)[C@@H]2CC(F)(F)CN2C(=O)[C@H](CCc2ccc(C(F)(F)F)c(Cl)c2)NC(=O)CN(C)C(=O)[C@H](Cc2ccc(C(F)(F)F)cc2)N(C)C(=O)[C@@H]2CCN2C(=O)[C@H](C)N(C)C1=O. The molecule has 3 N–H and O–H groups in total. The number of fused-ring (bicyclic) bond motifs is 2. The van der Waals surface area contributed by atoms with Gasteiger partial charge in [-0.05, 0) is 106 Å². The number of nitrogens with one attached hydrogen (secondary N) is 3. The van der Waals surface area contributed by atoms with E-state index in [-0.39, 0.29) is 62.1 Å². The molecular formula is C69H96ClF8N11O11. The lowest BCUT2D eigenvalue weighted by Crippen LogP contribution is -2.65. The van der Waals surface area contributed by atoms with Crippen LogP contribution >= 0.6 is 11.6 Å². The van der Waals surface area contributed by atoms with Gasteiger partial charge in [0.1, 0.15) is 53.9 Å². The van der Waals surface area contributed by atoms with Crippen LogP contribution in [0.5, 0.6) is 0 Å². The highest BCUT2D eigenvalue weighted by Crippen LogP contribution is 2.39. The number of likely N-dealkylation sites (N-methyl/N-ethyl adjacent to an activating group) is 6. The van der Waals surface area contributed by atoms with Gasteiger partial charge in [0.25, 0.3) is 5.92 Å². The Bertz CT molecular complexity index is 3360. The monoisotopic (exact) mass is 1440 g/mol. The predicted octanol–water partition coefficient (Wildman–Crippen LogP) is 6.96. The second kappa shape index (κ2) is 33.0. The van der Waals surface area contributed by atoms with E-state index in [1.807, 2.05) is 13.8 Å². The summed E-state index contributed by atoms with van der Waals surface area (Å²) in [5.41, 5.74) is -3.88. The Labute approximate surface area is 583 Å². The maximum Gasteiger partial charge on any atom is 0.417 e. The van der Waals surface area contributed by atoms with Crippen LogP contribution in [0.2, 0.25) is 5.02 Å². The average Bonchev–Trinajstić information content (AvgIpc) is 1.36. The molecule has 6 rings (SSSR count). The van der Waals surface area contributed by atoms with Gasteiger partial charge < -0.3 is 55.1 Å². The van der Waals surface area contributed by atoms with Gasteiger partial charge in [-0.3, -0.25) is 52.7 Å². The fraction of sp³-hybridized carbons (Fsp3) is 0.667. The van der Waals surface area contributed by atoms with E-state index in [9.17, 15) is 69.5 Å². The largest absolute Gasteiger partial charge is 0.417 e. The van der Waals surface area contributed by atoms with Crippen LogP contribution in [0.3, 0.4) is 0 Å². The van der Waals surface area contributed by atoms with Crippen LogP contribution in [0, 0.1) is 17.8 Å². The number of carbonyl (C=O) groups is 11. The Kier molecular flexibility index (Phi) is 26.8. The Balaban J connectivity index is 1.45. The minimum Gasteiger partial charge on any atom is -0.343 e. The molecule has 11 atom stereocenters. The van der Waals surface area contributed by atoms with E-state index in [0.717, 1.165) is 58.1 Å². The fourth-order valence-electron chi connectivity index (χ4n) is 13.5. The van der Waals surface area contributed by atoms with Gasteiger partial charge in [0.2, 0.25) is 65.0 Å². The number of carbonyl (C=O) groups excluding carboxylic acids is 11. The molecule has 0 radical (unpaired) electrons. The summed E-state index contributed by atoms with van der Waals surface area (Å²) in [6.07, 6.45) is -11.2. The third kappa shape index (κ3) is 18.9. The number of rotatable bonds is 11. The molecule has 4 aliphatic rings. The molecule has 0 bridgehead atoms. The number of alkyl halides is 8. The van der Waals surface area contributed by atoms with Crippen LogP contribution in [0.15, 0.2) is 42.5 Å². The number of nitrogens with zero attached hydrogens (tertiary/aromatic N) is 8. The van der Waals surface area contributed by atoms with Gasteiger partial charge in [-0.2, -0.15) is 26.3 Å². The van der Waals surface area contributed by atoms with Crippen molar-refractivity contribution in [2.45, 2.75) is 217 Å². The Morgan fingerprint density at radius 1 is 0.630 bits per heavy atom. The Hall–Kier alpha value is -7.66. The quantitative estimate of drug-likeness (QED) is 0.194. The van der Waals surface area contributed by atoms with Gasteiger partial charge in [0, 0.05) is 74.1 Å². The number of hydrogen-bond donors (Lipinski definition) is 3. The van der Waals surface area contributed by atoms with Crippen molar-refractivity contribution in [1.29, 1.82) is 0 Å². The summed E-state index contributed by atoms with van der Waals surface area (Å²) >= 11 is 6.06. The number of halogens is 9. The summed E-state index contributed by atoms with van der Waals surface area (Å²) in [5, 5.41) is 7.27. The number of hydrogen-bond acceptors (Lipinski definition) is 11. The first-order chi connectivity index (χ1) is 46.4. The molecule has 3 heterocycles. The third-order valence-corrected chi connectivity index (χ3v) is 20.8. The molecule has 3 saturated heterocycles. The summed E-state index contributed by atoms with van der Waals surface area (Å²) in [7, 11) is 7.88. The van der Waals surface area contributed by atoms with Crippen molar-refractivity contribution in [3.63, 3.8) is 0 Å². The van der Waals surface area contributed by atoms with Crippen molar-refractivity contribution in [3.05, 3.63) is 69.7 Å². The molecule has 2 aromatic rings. The first kappa shape index (κ1) is 81.3. The second-order valence-electron chi connectivity index (χ2n) is 28.1. The molecule has 11 amide bonds. The molecule has 4 fully saturated rings. The normalized spacial score (nSPS) is 26.8. The molecule has 0 aromatic heterocycles. The van der Waals surface area contributed by atoms with Crippen LogP contribution < -0.4 is 16.0 Å². The lowest BCUT2D eigenvalue weighted by Gasteiger charge is -2.45. The standard InChI is InChI=1S/C69H96ClF8N11O11/c1-15-39(5)55-63(98)84(11)42(8)59(94)88-30-27-49(88)62(97)86(13)51(34-44-19-23-45(24-20-44)68(73,74)75)61(96)82(9)36-53(90)79-48(26-22-43-21-25-46(47(70)33-43)69(76,77)78)60(95)89-37-67(71,72)35-52(89)58(93)81-66(28-17-18-29-66)65(100)87(14)56(40(6)16-2)64(99)83(10)41(7)32-54(91)85(12)50(31-38(3)4)57(92)80-55/h19-21,23-25,33,38-42,48-52,55-56H,15-18,22,26-32,34-37H2,1-14H3,(H,79,90)(H,80,92)(H,81,93)/t39-,40-,41+,42-,48-,49-,50-,51-,52-,55-,56-/m0/s1. The van der Waals surface area contributed by atoms with E-state index in [1.165, 1.54) is 61.8 Å². The summed E-state index contributed by atoms with van der Waals surface area (Å²) in [6, 6.07) is -6.35. The van der Waals surface area contributed by atoms with Gasteiger partial charge in [0.05, 0.1) is 29.2 Å². The van der Waals surface area contributed by atoms with E-state index in [2.05, 4.69) is 16.0 Å². The highest BCUT2D eigenvalue weighted by atomic mass is 35.5. The summed E-state index contributed by atoms with van der Waals surface area (Å²) in [6.45, 7) is 11.3. The molecule has 100 heavy (non-hydrogen) atoms. The van der Waals surface area contributed by atoms with Crippen molar-refractivity contribution in [2.24, 2.45) is 17.8 Å². The highest BCUT2D eigenvalue weighted by molar-refractivity contribution is 6.31. The van der Waals surface area contributed by atoms with Crippen LogP contribution in [0.1, 0.15) is 148 Å². The molecule has 556 valence electrons. The lowest BCUT2D eigenvalue weighted by atomic mass is 9.90. The molecular weight excluding hydrogens is 1350 g/mol. The lowest BCUT2D eigenvalue weighted by molar-refractivity contribution is -0.160. The maximum atomic E-state index is 16.0. The van der Waals surface area contributed by atoms with Crippen molar-refractivity contribution in [3.8, 4) is 0 Å². The van der Waals surface area contributed by atoms with Crippen molar-refractivity contribution >= 4 is 76.6 Å². The van der Waals surface area contributed by atoms with Crippen LogP contribution in [0.4, 0.5) is 35.1 Å². The van der Waals surface area contributed by atoms with Gasteiger partial charge in [0.15, 0.2) is 0 Å². The van der Waals surface area contributed by atoms with E-state index >= 15 is 18.4 Å². The zero-order chi connectivity index (χ0) is 75.2. The molecule has 0 unspecified atom stereocenters. The second-order valence-corrected chi connectivity index (χ2v) is 28.5. The number of aryl methyl sites for hydroxylation is 1. The first-order valence-electron chi connectivity index (χ1n) is 33.9. The fourth-order valence-corrected chi connectivity index (χ4v) is 13.8. The van der Waals surface area contributed by atoms with Crippen LogP contribution in [-0.4, -0.2) is 232 Å². The molecule has 1 spiro atoms. The minimum atomic E-state index is -4.88. The zero-order valence-electron chi connectivity index (χ0n) is 59.3. The minimum absolute atomic E-state index is 0.0133. The first-order valence-corrected chi connectivity index (χ1v) is 34.3. The zero-order valence-corrected chi connectivity index (χ0v) is 60.0. The predicted molar refractivity (Wildman–Crippen MR) is 353 cm³/mol. The molecule has 22 nitrogen and oxygen atoms in total. The molecule has 2 aromatic carbocycles. The smallest absolute Gasteiger partial charge is 0.343 e. The topological polar surface area (TPSA) is 250 Å². The van der Waals surface area contributed by atoms with Crippen molar-refractivity contribution in [1.82, 2.24) is 55.1 Å². The Morgan fingerprint density at radius 3 is 1.77 bits per heavy atom. The van der Waals surface area contributed by atoms with E-state index in [1.54, 1.807) is 34.6 Å². The van der Waals surface area contributed by atoms with E-state index < -0.39 is 204 Å². The molecule has 1 saturated carbocycles. The van der Waals surface area contributed by atoms with Crippen LogP contribution in [0.25, 0.3) is 0 Å². The third-order valence-electron chi connectivity index (χ3n) is 20.5. The van der Waals surface area contributed by atoms with Crippen molar-refractivity contribution < 1.29 is 87.9 Å². The summed E-state index contributed by atoms with van der Waals surface area (Å²) < 4.78 is 115. The molecule has 1 aliphatic carbocycles. The average molecular weight is 1440 g/mol. The molecule has 3 aliphatic heterocycles. The van der Waals surface area contributed by atoms with E-state index in [4.69, 9.17) is 11.6 Å². The van der Waals surface area contributed by atoms with Gasteiger partial charge in [-0.1, -0.05) is 97.0 Å². The van der Waals surface area contributed by atoms with Crippen LogP contribution in [-0.2, 0) is 77.9 Å². The van der Waals surface area contributed by atoms with Gasteiger partial charge in [-0.15, -0.1) is 0 Å². The van der Waals surface area contributed by atoms with Gasteiger partial charge >= 0.3 is 12.4 Å². The Morgan fingerprint density at radius 2 is 1.23 bits per heavy atom. The van der Waals surface area contributed by atoms with E-state index in [0.29, 0.717) is 36.6 Å². The summed E-state index contributed by atoms with van der Waals surface area (Å²) in [4.78, 5) is 171. The number of benzene rings is 2. The summed E-state index contributed by atoms with van der Waals surface area (Å²) in [5.74, 6) is -14.6. The maximum absolute atomic E-state index is 16.0. The number of amides is 11. The highest BCUT2D eigenvalue weighted by Gasteiger charge is 2.55. The van der Waals surface area contributed by atoms with Crippen molar-refractivity contribution in [2.75, 3.05) is 61.9 Å². The van der Waals surface area contributed by atoms with Gasteiger partial charge in [-0.25, -0.2) is 8.78 Å².